The lowest BCUT2D eigenvalue weighted by Gasteiger charge is -2.34. The van der Waals surface area contributed by atoms with Gasteiger partial charge in [0, 0.05) is 5.33 Å². The van der Waals surface area contributed by atoms with Gasteiger partial charge in [-0.05, 0) is 24.0 Å². The van der Waals surface area contributed by atoms with E-state index in [0.29, 0.717) is 0 Å². The van der Waals surface area contributed by atoms with Gasteiger partial charge in [-0.1, -0.05) is 76.6 Å². The SMILES string of the molecule is [SiH3]OC(CCCBr)(c1ccccc1)c1ccccc1. The molecular formula is C16H19BrOSi. The fraction of sp³-hybridized carbons (Fsp3) is 0.250. The smallest absolute Gasteiger partial charge is 0.147 e. The van der Waals surface area contributed by atoms with Crippen LogP contribution in [0.3, 0.4) is 0 Å². The van der Waals surface area contributed by atoms with Gasteiger partial charge in [0.05, 0.1) is 0 Å². The van der Waals surface area contributed by atoms with Gasteiger partial charge in [0.25, 0.3) is 0 Å². The summed E-state index contributed by atoms with van der Waals surface area (Å²) >= 11 is 3.53. The van der Waals surface area contributed by atoms with E-state index < -0.39 is 0 Å². The molecule has 0 fully saturated rings. The van der Waals surface area contributed by atoms with E-state index in [-0.39, 0.29) is 5.60 Å². The highest BCUT2D eigenvalue weighted by Crippen LogP contribution is 2.37. The molecule has 0 aliphatic heterocycles. The van der Waals surface area contributed by atoms with Crippen LogP contribution in [0.1, 0.15) is 24.0 Å². The Hall–Kier alpha value is -0.903. The molecule has 0 radical (unpaired) electrons. The van der Waals surface area contributed by atoms with Gasteiger partial charge in [-0.3, -0.25) is 0 Å². The second-order valence-corrected chi connectivity index (χ2v) is 5.76. The predicted octanol–water partition coefficient (Wildman–Crippen LogP) is 3.40. The van der Waals surface area contributed by atoms with Gasteiger partial charge < -0.3 is 4.43 Å². The van der Waals surface area contributed by atoms with Crippen molar-refractivity contribution in [2.24, 2.45) is 0 Å². The largest absolute Gasteiger partial charge is 0.414 e. The topological polar surface area (TPSA) is 9.23 Å². The molecule has 0 unspecified atom stereocenters. The van der Waals surface area contributed by atoms with Gasteiger partial charge >= 0.3 is 0 Å². The minimum atomic E-state index is -0.289. The van der Waals surface area contributed by atoms with Crippen LogP contribution >= 0.6 is 15.9 Å². The molecule has 0 aliphatic rings. The molecular weight excluding hydrogens is 316 g/mol. The standard InChI is InChI=1S/C16H19BrOSi/c17-13-7-12-16(18-19,14-8-3-1-4-9-14)15-10-5-2-6-11-15/h1-6,8-11H,7,12-13H2,19H3. The Labute approximate surface area is 126 Å². The molecule has 0 saturated carbocycles. The first-order valence-electron chi connectivity index (χ1n) is 6.55. The molecule has 2 rings (SSSR count). The molecule has 0 N–H and O–H groups in total. The van der Waals surface area contributed by atoms with Crippen molar-refractivity contribution in [1.29, 1.82) is 0 Å². The minimum absolute atomic E-state index is 0.289. The number of benzene rings is 2. The maximum Gasteiger partial charge on any atom is 0.147 e. The van der Waals surface area contributed by atoms with Crippen LogP contribution in [0.5, 0.6) is 0 Å². The molecule has 0 atom stereocenters. The van der Waals surface area contributed by atoms with Crippen LogP contribution in [0.25, 0.3) is 0 Å². The van der Waals surface area contributed by atoms with Crippen LogP contribution in [-0.4, -0.2) is 15.8 Å². The van der Waals surface area contributed by atoms with E-state index in [1.165, 1.54) is 11.1 Å². The highest BCUT2D eigenvalue weighted by Gasteiger charge is 2.32. The lowest BCUT2D eigenvalue weighted by Crippen LogP contribution is -2.30. The van der Waals surface area contributed by atoms with Crippen LogP contribution in [0.4, 0.5) is 0 Å². The van der Waals surface area contributed by atoms with Gasteiger partial charge in [-0.15, -0.1) is 0 Å². The van der Waals surface area contributed by atoms with Crippen LogP contribution in [-0.2, 0) is 10.0 Å². The van der Waals surface area contributed by atoms with Crippen molar-refractivity contribution in [3.05, 3.63) is 71.8 Å². The summed E-state index contributed by atoms with van der Waals surface area (Å²) in [5, 5.41) is 0.999. The summed E-state index contributed by atoms with van der Waals surface area (Å²) in [6, 6.07) is 21.1. The Morgan fingerprint density at radius 1 is 0.895 bits per heavy atom. The third kappa shape index (κ3) is 3.16. The fourth-order valence-electron chi connectivity index (χ4n) is 2.52. The molecule has 100 valence electrons. The van der Waals surface area contributed by atoms with E-state index in [1.807, 2.05) is 0 Å². The average molecular weight is 335 g/mol. The first kappa shape index (κ1) is 14.5. The molecule has 0 amide bonds. The molecule has 0 spiro atoms. The number of hydrogen-bond donors (Lipinski definition) is 0. The highest BCUT2D eigenvalue weighted by atomic mass is 79.9. The van der Waals surface area contributed by atoms with Crippen LogP contribution in [0.15, 0.2) is 60.7 Å². The molecule has 2 aromatic carbocycles. The first-order valence-corrected chi connectivity index (χ1v) is 8.49. The van der Waals surface area contributed by atoms with Crippen molar-refractivity contribution in [1.82, 2.24) is 0 Å². The summed E-state index contributed by atoms with van der Waals surface area (Å²) in [6.45, 7) is 0. The molecule has 19 heavy (non-hydrogen) atoms. The van der Waals surface area contributed by atoms with Crippen LogP contribution < -0.4 is 0 Å². The minimum Gasteiger partial charge on any atom is -0.414 e. The lowest BCUT2D eigenvalue weighted by molar-refractivity contribution is 0.113. The van der Waals surface area contributed by atoms with Gasteiger partial charge in [-0.25, -0.2) is 0 Å². The zero-order valence-electron chi connectivity index (χ0n) is 11.2. The maximum absolute atomic E-state index is 6.13. The quantitative estimate of drug-likeness (QED) is 0.581. The number of hydrogen-bond acceptors (Lipinski definition) is 1. The third-order valence-electron chi connectivity index (χ3n) is 3.49. The van der Waals surface area contributed by atoms with Crippen molar-refractivity contribution in [3.8, 4) is 0 Å². The van der Waals surface area contributed by atoms with E-state index in [1.54, 1.807) is 0 Å². The summed E-state index contributed by atoms with van der Waals surface area (Å²) in [4.78, 5) is 0. The molecule has 0 aromatic heterocycles. The monoisotopic (exact) mass is 334 g/mol. The number of halogens is 1. The first-order chi connectivity index (χ1) is 9.33. The normalized spacial score (nSPS) is 11.6. The van der Waals surface area contributed by atoms with Gasteiger partial charge in [0.15, 0.2) is 0 Å². The zero-order chi connectivity index (χ0) is 13.6. The van der Waals surface area contributed by atoms with Crippen molar-refractivity contribution < 1.29 is 4.43 Å². The maximum atomic E-state index is 6.13. The summed E-state index contributed by atoms with van der Waals surface area (Å²) in [5.74, 6) is 0. The van der Waals surface area contributed by atoms with E-state index >= 15 is 0 Å². The zero-order valence-corrected chi connectivity index (χ0v) is 14.8. The average Bonchev–Trinajstić information content (AvgIpc) is 2.51. The molecule has 3 heteroatoms. The van der Waals surface area contributed by atoms with Crippen molar-refractivity contribution in [2.75, 3.05) is 5.33 Å². The molecule has 1 nitrogen and oxygen atoms in total. The molecule has 2 aromatic rings. The van der Waals surface area contributed by atoms with Gasteiger partial charge in [-0.2, -0.15) is 0 Å². The Kier molecular flexibility index (Phi) is 5.37. The number of rotatable bonds is 6. The summed E-state index contributed by atoms with van der Waals surface area (Å²) in [7, 11) is 0.717. The van der Waals surface area contributed by atoms with Gasteiger partial charge in [0.2, 0.25) is 0 Å². The molecule has 0 saturated heterocycles. The van der Waals surface area contributed by atoms with Crippen molar-refractivity contribution in [2.45, 2.75) is 18.4 Å². The molecule has 0 aliphatic carbocycles. The molecule has 0 bridgehead atoms. The van der Waals surface area contributed by atoms with Crippen LogP contribution in [0, 0.1) is 0 Å². The third-order valence-corrected chi connectivity index (χ3v) is 4.75. The summed E-state index contributed by atoms with van der Waals surface area (Å²) in [5.41, 5.74) is 2.21. The van der Waals surface area contributed by atoms with E-state index in [2.05, 4.69) is 76.6 Å². The van der Waals surface area contributed by atoms with Crippen molar-refractivity contribution >= 4 is 26.4 Å². The lowest BCUT2D eigenvalue weighted by atomic mass is 9.83. The summed E-state index contributed by atoms with van der Waals surface area (Å²) < 4.78 is 6.13. The Morgan fingerprint density at radius 3 is 1.74 bits per heavy atom. The second-order valence-electron chi connectivity index (χ2n) is 4.56. The Bertz CT molecular complexity index is 447. The number of alkyl halides is 1. The predicted molar refractivity (Wildman–Crippen MR) is 87.7 cm³/mol. The second kappa shape index (κ2) is 7.03. The van der Waals surface area contributed by atoms with Crippen LogP contribution in [0.2, 0.25) is 0 Å². The Balaban J connectivity index is 2.48. The van der Waals surface area contributed by atoms with Gasteiger partial charge in [0.1, 0.15) is 16.1 Å². The molecule has 0 heterocycles. The Morgan fingerprint density at radius 2 is 1.37 bits per heavy atom. The summed E-state index contributed by atoms with van der Waals surface area (Å²) in [6.07, 6.45) is 2.09. The highest BCUT2D eigenvalue weighted by molar-refractivity contribution is 9.09. The van der Waals surface area contributed by atoms with E-state index in [0.717, 1.165) is 28.7 Å². The van der Waals surface area contributed by atoms with Crippen molar-refractivity contribution in [3.63, 3.8) is 0 Å². The van der Waals surface area contributed by atoms with E-state index in [4.69, 9.17) is 4.43 Å². The fourth-order valence-corrected chi connectivity index (χ4v) is 3.48. The van der Waals surface area contributed by atoms with E-state index in [9.17, 15) is 0 Å².